The molecule has 129 heavy (non-hydrogen) atoms. The van der Waals surface area contributed by atoms with Crippen LogP contribution in [0.5, 0.6) is 0 Å². The Morgan fingerprint density at radius 3 is 0.783 bits per heavy atom. The Hall–Kier alpha value is -13.2. The molecule has 0 atom stereocenters. The van der Waals surface area contributed by atoms with Gasteiger partial charge in [-0.1, -0.05) is 137 Å². The molecule has 0 spiro atoms. The molecular weight excluding hydrogens is 1770 g/mol. The molecule has 4 heterocycles. The molecule has 15 aromatic rings. The van der Waals surface area contributed by atoms with E-state index < -0.39 is 168 Å². The minimum Gasteiger partial charge on any atom is -0.310 e. The Morgan fingerprint density at radius 1 is 0.225 bits per heavy atom. The van der Waals surface area contributed by atoms with Crippen LogP contribution in [0.4, 0.5) is 166 Å². The summed E-state index contributed by atoms with van der Waals surface area (Å²) in [6, 6.07) is 42.4. The summed E-state index contributed by atoms with van der Waals surface area (Å²) < 4.78 is 432. The summed E-state index contributed by atoms with van der Waals surface area (Å²) in [5.41, 5.74) is -24.4. The largest absolute Gasteiger partial charge is 0.418 e. The van der Waals surface area contributed by atoms with Crippen molar-refractivity contribution in [2.45, 2.75) is 106 Å². The average molecular weight is 1830 g/mol. The molecule has 15 rings (SSSR count). The third kappa shape index (κ3) is 17.6. The monoisotopic (exact) mass is 1830 g/mol. The number of halogens is 30. The Labute approximate surface area is 710 Å². The molecule has 6 nitrogen and oxygen atoms in total. The zero-order chi connectivity index (χ0) is 94.1. The SMILES string of the molecule is CC(C)(c1ccc(N(c2cc(C(F)(F)F)cc(C(F)(F)F)c2)c2cc(C(F)(F)F)cc(C(F)(F)F)c2)cc1)c1ccc(C(C)(C)c2ccc(N(c3cc(C(F)(F)F)cc(C(F)(F)F)c3)c3ccc(C(F)(F)F)cc3C(F)(F)F)cc2)cc1.FC(F)(F)C(c1ccc(-n2c3ccccc3c3cnccc32)cc1)(c1ccc(-n2c3ccccc3c3cnccc32)cc1)C(F)(F)F. The van der Waals surface area contributed by atoms with Gasteiger partial charge in [-0.3, -0.25) is 9.97 Å². The average Bonchev–Trinajstić information content (AvgIpc) is 1.02. The van der Waals surface area contributed by atoms with Crippen LogP contribution in [0.1, 0.15) is 106 Å². The topological polar surface area (TPSA) is 42.1 Å². The number of para-hydroxylation sites is 2. The van der Waals surface area contributed by atoms with Gasteiger partial charge in [0.2, 0.25) is 5.41 Å². The lowest BCUT2D eigenvalue weighted by Gasteiger charge is -2.38. The first kappa shape index (κ1) is 92.0. The summed E-state index contributed by atoms with van der Waals surface area (Å²) in [4.78, 5) is 9.02. The van der Waals surface area contributed by atoms with Crippen LogP contribution in [0.3, 0.4) is 0 Å². The van der Waals surface area contributed by atoms with Crippen LogP contribution in [-0.4, -0.2) is 31.5 Å². The number of anilines is 6. The highest BCUT2D eigenvalue weighted by Crippen LogP contribution is 2.58. The maximum Gasteiger partial charge on any atom is 0.418 e. The highest BCUT2D eigenvalue weighted by atomic mass is 19.5. The molecular formula is C93H58F30N6. The molecule has 0 N–H and O–H groups in total. The van der Waals surface area contributed by atoms with Crippen molar-refractivity contribution in [3.05, 3.63) is 357 Å². The summed E-state index contributed by atoms with van der Waals surface area (Å²) in [6.07, 6.45) is -49.0. The molecule has 0 unspecified atom stereocenters. The first-order valence-corrected chi connectivity index (χ1v) is 37.9. The number of rotatable bonds is 14. The maximum absolute atomic E-state index is 15.1. The minimum atomic E-state index is -5.72. The van der Waals surface area contributed by atoms with Gasteiger partial charge in [-0.05, 0) is 179 Å². The van der Waals surface area contributed by atoms with Gasteiger partial charge in [0.05, 0.1) is 72.3 Å². The highest BCUT2D eigenvalue weighted by Gasteiger charge is 2.72. The molecule has 0 bridgehead atoms. The molecule has 0 aliphatic rings. The van der Waals surface area contributed by atoms with E-state index in [2.05, 4.69) is 9.97 Å². The predicted molar refractivity (Wildman–Crippen MR) is 423 cm³/mol. The summed E-state index contributed by atoms with van der Waals surface area (Å²) in [5.74, 6) is 0. The number of alkyl halides is 30. The van der Waals surface area contributed by atoms with Crippen molar-refractivity contribution in [2.24, 2.45) is 0 Å². The molecule has 0 fully saturated rings. The second-order valence-corrected chi connectivity index (χ2v) is 30.9. The van der Waals surface area contributed by atoms with Gasteiger partial charge in [0, 0.05) is 97.0 Å². The Morgan fingerprint density at radius 2 is 0.488 bits per heavy atom. The van der Waals surface area contributed by atoms with E-state index in [0.29, 0.717) is 38.5 Å². The summed E-state index contributed by atoms with van der Waals surface area (Å²) in [7, 11) is 0. The number of nitrogens with zero attached hydrogens (tertiary/aromatic N) is 6. The molecule has 0 saturated carbocycles. The normalized spacial score (nSPS) is 13.3. The molecule has 670 valence electrons. The van der Waals surface area contributed by atoms with Crippen LogP contribution in [0.2, 0.25) is 0 Å². The van der Waals surface area contributed by atoms with E-state index in [1.165, 1.54) is 48.5 Å². The molecule has 11 aromatic carbocycles. The number of hydrogen-bond donors (Lipinski definition) is 0. The van der Waals surface area contributed by atoms with Gasteiger partial charge < -0.3 is 18.9 Å². The van der Waals surface area contributed by atoms with Crippen molar-refractivity contribution in [3.63, 3.8) is 0 Å². The number of fused-ring (bicyclic) bond motifs is 6. The van der Waals surface area contributed by atoms with Crippen molar-refractivity contribution in [2.75, 3.05) is 9.80 Å². The number of aromatic nitrogens is 4. The maximum atomic E-state index is 15.1. The van der Waals surface area contributed by atoms with Gasteiger partial charge in [0.15, 0.2) is 0 Å². The molecule has 36 heteroatoms. The summed E-state index contributed by atoms with van der Waals surface area (Å²) in [5, 5.41) is 3.34. The van der Waals surface area contributed by atoms with E-state index in [1.807, 2.05) is 48.5 Å². The van der Waals surface area contributed by atoms with Crippen LogP contribution in [0.25, 0.3) is 55.0 Å². The first-order chi connectivity index (χ1) is 59.8. The van der Waals surface area contributed by atoms with E-state index in [4.69, 9.17) is 0 Å². The minimum absolute atomic E-state index is 0.0878. The molecule has 0 saturated heterocycles. The van der Waals surface area contributed by atoms with Gasteiger partial charge in [-0.2, -0.15) is 132 Å². The molecule has 0 aliphatic carbocycles. The van der Waals surface area contributed by atoms with Crippen LogP contribution < -0.4 is 9.80 Å². The molecule has 0 radical (unpaired) electrons. The van der Waals surface area contributed by atoms with Gasteiger partial charge in [-0.25, -0.2) is 0 Å². The second-order valence-electron chi connectivity index (χ2n) is 30.9. The van der Waals surface area contributed by atoms with Gasteiger partial charge in [0.1, 0.15) is 0 Å². The van der Waals surface area contributed by atoms with Crippen LogP contribution in [-0.2, 0) is 65.7 Å². The van der Waals surface area contributed by atoms with Gasteiger partial charge in [0.25, 0.3) is 0 Å². The van der Waals surface area contributed by atoms with E-state index in [9.17, 15) is 105 Å². The van der Waals surface area contributed by atoms with Gasteiger partial charge in [-0.15, -0.1) is 0 Å². The fraction of sp³-hybridized carbons (Fsp3) is 0.183. The zero-order valence-electron chi connectivity index (χ0n) is 66.1. The fourth-order valence-electron chi connectivity index (χ4n) is 15.8. The van der Waals surface area contributed by atoms with E-state index in [-0.39, 0.29) is 77.7 Å². The predicted octanol–water partition coefficient (Wildman–Crippen LogP) is 31.5. The zero-order valence-corrected chi connectivity index (χ0v) is 66.1. The lowest BCUT2D eigenvalue weighted by Crippen LogP contribution is -2.54. The van der Waals surface area contributed by atoms with Crippen LogP contribution in [0, 0.1) is 0 Å². The van der Waals surface area contributed by atoms with E-state index in [1.54, 1.807) is 98.0 Å². The van der Waals surface area contributed by atoms with Gasteiger partial charge >= 0.3 is 61.8 Å². The smallest absolute Gasteiger partial charge is 0.310 e. The quantitative estimate of drug-likeness (QED) is 0.102. The second kappa shape index (κ2) is 32.2. The Balaban J connectivity index is 0.000000240. The first-order valence-electron chi connectivity index (χ1n) is 37.9. The number of benzene rings is 11. The standard InChI is InChI=1S/C56H36F24N2.C37H22F6N4/c1-47(2,31-9-14-40(15-10-31)81(42-22-34(50(60,61)62)19-35(23-42)51(63,64)65)43-24-36(52(66,67)68)20-37(25-43)53(69,70)71)29-5-7-30(8-6-29)48(3,4)32-11-16-41(17-12-32)82(44-26-38(54(72,73)74)21-39(27-44)55(75,76)77)46-18-13-33(49(57,58)59)28-45(46)56(78,79)80;38-36(39,40)35(37(41,42)43,23-9-13-25(14-10-23)46-31-7-3-1-5-27(31)29-21-44-19-17-33(29)46)24-11-15-26(16-12-24)47-32-8-4-2-6-28(32)30-22-45-20-18-34(30)47/h5-28H,1-4H3;1-22H. The van der Waals surface area contributed by atoms with Crippen LogP contribution in [0.15, 0.2) is 280 Å². The fourth-order valence-corrected chi connectivity index (χ4v) is 15.8. The lowest BCUT2D eigenvalue weighted by molar-refractivity contribution is -0.288. The van der Waals surface area contributed by atoms with Crippen molar-refractivity contribution in [1.82, 2.24) is 19.1 Å². The van der Waals surface area contributed by atoms with Crippen molar-refractivity contribution < 1.29 is 132 Å². The third-order valence-electron chi connectivity index (χ3n) is 22.3. The number of pyridine rings is 2. The molecule has 4 aromatic heterocycles. The van der Waals surface area contributed by atoms with Crippen LogP contribution >= 0.6 is 0 Å². The van der Waals surface area contributed by atoms with Crippen molar-refractivity contribution in [3.8, 4) is 11.4 Å². The van der Waals surface area contributed by atoms with Crippen molar-refractivity contribution in [1.29, 1.82) is 0 Å². The molecule has 0 amide bonds. The third-order valence-corrected chi connectivity index (χ3v) is 22.3. The number of hydrogen-bond acceptors (Lipinski definition) is 4. The Bertz CT molecular complexity index is 6230. The van der Waals surface area contributed by atoms with Crippen molar-refractivity contribution >= 4 is 77.7 Å². The summed E-state index contributed by atoms with van der Waals surface area (Å²) in [6.45, 7) is 6.49. The highest BCUT2D eigenvalue weighted by molar-refractivity contribution is 6.10. The summed E-state index contributed by atoms with van der Waals surface area (Å²) >= 11 is 0. The van der Waals surface area contributed by atoms with E-state index >= 15 is 26.3 Å². The Kier molecular flexibility index (Phi) is 23.0. The van der Waals surface area contributed by atoms with E-state index in [0.717, 1.165) is 92.1 Å². The molecule has 0 aliphatic heterocycles. The lowest BCUT2D eigenvalue weighted by atomic mass is 9.73.